The number of benzene rings is 1. The summed E-state index contributed by atoms with van der Waals surface area (Å²) in [4.78, 5) is 23.4. The number of carbonyl (C=O) groups is 2. The van der Waals surface area contributed by atoms with Crippen molar-refractivity contribution < 1.29 is 19.4 Å². The summed E-state index contributed by atoms with van der Waals surface area (Å²) in [6.07, 6.45) is 2.91. The van der Waals surface area contributed by atoms with E-state index < -0.39 is 12.0 Å². The molecule has 21 heavy (non-hydrogen) atoms. The first-order chi connectivity index (χ1) is 10.1. The molecule has 0 saturated heterocycles. The minimum absolute atomic E-state index is 0.252. The van der Waals surface area contributed by atoms with E-state index in [9.17, 15) is 9.59 Å². The molecule has 2 atom stereocenters. The van der Waals surface area contributed by atoms with Crippen molar-refractivity contribution in [2.75, 3.05) is 18.6 Å². The van der Waals surface area contributed by atoms with Crippen molar-refractivity contribution in [3.63, 3.8) is 0 Å². The largest absolute Gasteiger partial charge is 0.492 e. The highest BCUT2D eigenvalue weighted by Gasteiger charge is 2.29. The minimum Gasteiger partial charge on any atom is -0.492 e. The molecule has 0 radical (unpaired) electrons. The van der Waals surface area contributed by atoms with Crippen LogP contribution in [0.2, 0.25) is 0 Å². The lowest BCUT2D eigenvalue weighted by Crippen LogP contribution is -2.46. The van der Waals surface area contributed by atoms with Gasteiger partial charge in [-0.2, -0.15) is 11.8 Å². The molecule has 0 aliphatic carbocycles. The van der Waals surface area contributed by atoms with E-state index in [0.717, 1.165) is 11.3 Å². The Balaban J connectivity index is 1.96. The van der Waals surface area contributed by atoms with Crippen LogP contribution in [0, 0.1) is 5.92 Å². The van der Waals surface area contributed by atoms with Crippen molar-refractivity contribution in [2.24, 2.45) is 5.92 Å². The van der Waals surface area contributed by atoms with Crippen molar-refractivity contribution in [3.05, 3.63) is 29.8 Å². The van der Waals surface area contributed by atoms with E-state index in [-0.39, 0.29) is 18.4 Å². The van der Waals surface area contributed by atoms with Crippen molar-refractivity contribution in [1.82, 2.24) is 5.32 Å². The third-order valence-corrected chi connectivity index (χ3v) is 4.12. The van der Waals surface area contributed by atoms with Crippen LogP contribution in [-0.2, 0) is 16.0 Å². The van der Waals surface area contributed by atoms with Gasteiger partial charge in [0.1, 0.15) is 18.4 Å². The van der Waals surface area contributed by atoms with Gasteiger partial charge in [0.05, 0.1) is 5.92 Å². The summed E-state index contributed by atoms with van der Waals surface area (Å²) < 4.78 is 5.57. The second-order valence-electron chi connectivity index (χ2n) is 5.00. The number of carboxylic acid groups (broad SMARTS) is 1. The molecule has 0 aromatic heterocycles. The van der Waals surface area contributed by atoms with Gasteiger partial charge >= 0.3 is 5.97 Å². The first kappa shape index (κ1) is 15.7. The Morgan fingerprint density at radius 3 is 2.95 bits per heavy atom. The summed E-state index contributed by atoms with van der Waals surface area (Å²) in [7, 11) is 0. The molecular weight excluding hydrogens is 290 g/mol. The molecule has 1 aliphatic heterocycles. The first-order valence-corrected chi connectivity index (χ1v) is 8.24. The summed E-state index contributed by atoms with van der Waals surface area (Å²) in [5, 5.41) is 11.8. The minimum atomic E-state index is -0.991. The Morgan fingerprint density at radius 1 is 1.48 bits per heavy atom. The van der Waals surface area contributed by atoms with Crippen LogP contribution in [0.3, 0.4) is 0 Å². The number of fused-ring (bicyclic) bond motifs is 1. The van der Waals surface area contributed by atoms with Crippen molar-refractivity contribution in [1.29, 1.82) is 0 Å². The smallest absolute Gasteiger partial charge is 0.326 e. The second kappa shape index (κ2) is 7.36. The van der Waals surface area contributed by atoms with Gasteiger partial charge in [-0.1, -0.05) is 18.2 Å². The fraction of sp³-hybridized carbons (Fsp3) is 0.467. The summed E-state index contributed by atoms with van der Waals surface area (Å²) >= 11 is 1.56. The third-order valence-electron chi connectivity index (χ3n) is 3.47. The molecule has 0 saturated carbocycles. The van der Waals surface area contributed by atoms with Crippen molar-refractivity contribution in [3.8, 4) is 5.75 Å². The number of ether oxygens (including phenoxy) is 1. The summed E-state index contributed by atoms with van der Waals surface area (Å²) in [6, 6.07) is 6.77. The Morgan fingerprint density at radius 2 is 2.24 bits per heavy atom. The molecule has 1 unspecified atom stereocenters. The highest BCUT2D eigenvalue weighted by Crippen LogP contribution is 2.26. The Kier molecular flexibility index (Phi) is 5.50. The van der Waals surface area contributed by atoms with Crippen LogP contribution < -0.4 is 10.1 Å². The van der Waals surface area contributed by atoms with Crippen LogP contribution in [0.5, 0.6) is 5.75 Å². The van der Waals surface area contributed by atoms with E-state index in [4.69, 9.17) is 9.84 Å². The van der Waals surface area contributed by atoms with Crippen LogP contribution in [0.25, 0.3) is 0 Å². The van der Waals surface area contributed by atoms with Crippen LogP contribution >= 0.6 is 11.8 Å². The lowest BCUT2D eigenvalue weighted by Gasteiger charge is -2.25. The van der Waals surface area contributed by atoms with E-state index in [2.05, 4.69) is 5.32 Å². The quantitative estimate of drug-likeness (QED) is 0.834. The number of aliphatic carboxylic acids is 1. The molecule has 1 aromatic rings. The number of nitrogens with one attached hydrogen (secondary N) is 1. The van der Waals surface area contributed by atoms with Crippen molar-refractivity contribution >= 4 is 23.6 Å². The Labute approximate surface area is 128 Å². The average molecular weight is 309 g/mol. The van der Waals surface area contributed by atoms with E-state index in [1.54, 1.807) is 11.8 Å². The van der Waals surface area contributed by atoms with Crippen LogP contribution in [0.15, 0.2) is 24.3 Å². The van der Waals surface area contributed by atoms with Gasteiger partial charge in [-0.15, -0.1) is 0 Å². The molecule has 1 heterocycles. The lowest BCUT2D eigenvalue weighted by atomic mass is 9.95. The molecule has 0 bridgehead atoms. The zero-order chi connectivity index (χ0) is 15.2. The number of hydrogen-bond donors (Lipinski definition) is 2. The monoisotopic (exact) mass is 309 g/mol. The fourth-order valence-corrected chi connectivity index (χ4v) is 2.75. The Bertz CT molecular complexity index is 520. The molecule has 2 N–H and O–H groups in total. The molecule has 0 spiro atoms. The van der Waals surface area contributed by atoms with E-state index in [0.29, 0.717) is 18.6 Å². The number of carboxylic acids is 1. The SMILES string of the molecule is CSCC[C@H](NC(=O)C1COc2ccccc2C1)C(=O)O. The number of rotatable bonds is 6. The molecule has 1 aromatic carbocycles. The molecular formula is C15H19NO4S. The van der Waals surface area contributed by atoms with Crippen molar-refractivity contribution in [2.45, 2.75) is 18.9 Å². The molecule has 1 amide bonds. The third kappa shape index (κ3) is 4.14. The zero-order valence-corrected chi connectivity index (χ0v) is 12.7. The predicted octanol–water partition coefficient (Wildman–Crippen LogP) is 1.56. The van der Waals surface area contributed by atoms with Gasteiger partial charge in [0, 0.05) is 0 Å². The molecule has 5 nitrogen and oxygen atoms in total. The van der Waals surface area contributed by atoms with Gasteiger partial charge in [-0.05, 0) is 36.5 Å². The van der Waals surface area contributed by atoms with E-state index in [1.807, 2.05) is 30.5 Å². The molecule has 0 fully saturated rings. The van der Waals surface area contributed by atoms with Gasteiger partial charge in [-0.25, -0.2) is 4.79 Å². The normalized spacial score (nSPS) is 18.2. The number of hydrogen-bond acceptors (Lipinski definition) is 4. The number of carbonyl (C=O) groups excluding carboxylic acids is 1. The van der Waals surface area contributed by atoms with Gasteiger partial charge in [-0.3, -0.25) is 4.79 Å². The standard InChI is InChI=1S/C15H19NO4S/c1-21-7-6-12(15(18)19)16-14(17)11-8-10-4-2-3-5-13(10)20-9-11/h2-5,11-12H,6-9H2,1H3,(H,16,17)(H,18,19)/t11?,12-/m0/s1. The maximum atomic E-state index is 12.2. The Hall–Kier alpha value is -1.69. The number of thioether (sulfide) groups is 1. The summed E-state index contributed by atoms with van der Waals surface area (Å²) in [6.45, 7) is 0.289. The molecule has 6 heteroatoms. The van der Waals surface area contributed by atoms with Crippen LogP contribution in [0.1, 0.15) is 12.0 Å². The maximum absolute atomic E-state index is 12.2. The zero-order valence-electron chi connectivity index (χ0n) is 11.9. The summed E-state index contributed by atoms with van der Waals surface area (Å²) in [5.41, 5.74) is 0.986. The molecule has 2 rings (SSSR count). The van der Waals surface area contributed by atoms with E-state index in [1.165, 1.54) is 0 Å². The molecule has 114 valence electrons. The molecule has 1 aliphatic rings. The number of para-hydroxylation sites is 1. The van der Waals surface area contributed by atoms with Crippen LogP contribution in [-0.4, -0.2) is 41.6 Å². The average Bonchev–Trinajstić information content (AvgIpc) is 2.50. The maximum Gasteiger partial charge on any atom is 0.326 e. The van der Waals surface area contributed by atoms with Crippen LogP contribution in [0.4, 0.5) is 0 Å². The van der Waals surface area contributed by atoms with E-state index >= 15 is 0 Å². The predicted molar refractivity (Wildman–Crippen MR) is 81.7 cm³/mol. The fourth-order valence-electron chi connectivity index (χ4n) is 2.28. The first-order valence-electron chi connectivity index (χ1n) is 6.84. The number of amides is 1. The highest BCUT2D eigenvalue weighted by molar-refractivity contribution is 7.98. The second-order valence-corrected chi connectivity index (χ2v) is 5.99. The van der Waals surface area contributed by atoms with Gasteiger partial charge in [0.2, 0.25) is 5.91 Å². The summed E-state index contributed by atoms with van der Waals surface area (Å²) in [5.74, 6) is -0.0800. The lowest BCUT2D eigenvalue weighted by molar-refractivity contribution is -0.142. The van der Waals surface area contributed by atoms with Gasteiger partial charge in [0.25, 0.3) is 0 Å². The highest BCUT2D eigenvalue weighted by atomic mass is 32.2. The van der Waals surface area contributed by atoms with Gasteiger partial charge in [0.15, 0.2) is 0 Å². The topological polar surface area (TPSA) is 75.6 Å². The van der Waals surface area contributed by atoms with Gasteiger partial charge < -0.3 is 15.2 Å².